The van der Waals surface area contributed by atoms with Gasteiger partial charge in [0, 0.05) is 51.7 Å². The summed E-state index contributed by atoms with van der Waals surface area (Å²) in [6.07, 6.45) is 0. The van der Waals surface area contributed by atoms with Crippen molar-refractivity contribution in [3.8, 4) is 0 Å². The van der Waals surface area contributed by atoms with E-state index < -0.39 is 11.9 Å². The van der Waals surface area contributed by atoms with Crippen LogP contribution in [0.1, 0.15) is 23.0 Å². The number of aromatic nitrogens is 3. The van der Waals surface area contributed by atoms with E-state index in [1.54, 1.807) is 19.2 Å². The molecule has 0 aliphatic carbocycles. The van der Waals surface area contributed by atoms with Crippen LogP contribution in [0.4, 0.5) is 10.1 Å². The smallest absolute Gasteiger partial charge is 0.326 e. The summed E-state index contributed by atoms with van der Waals surface area (Å²) in [5.41, 5.74) is 2.02. The van der Waals surface area contributed by atoms with E-state index in [4.69, 9.17) is 12.2 Å². The van der Waals surface area contributed by atoms with Crippen molar-refractivity contribution in [1.29, 1.82) is 0 Å². The van der Waals surface area contributed by atoms with Crippen molar-refractivity contribution in [1.82, 2.24) is 24.8 Å². The summed E-state index contributed by atoms with van der Waals surface area (Å²) in [4.78, 5) is 34.7. The molecule has 1 amide bonds. The van der Waals surface area contributed by atoms with Crippen LogP contribution in [0.5, 0.6) is 0 Å². The average Bonchev–Trinajstić information content (AvgIpc) is 2.77. The van der Waals surface area contributed by atoms with Crippen LogP contribution in [0.25, 0.3) is 10.9 Å². The first kappa shape index (κ1) is 22.1. The Morgan fingerprint density at radius 3 is 2.78 bits per heavy atom. The summed E-state index contributed by atoms with van der Waals surface area (Å²) in [6.45, 7) is 4.86. The molecule has 1 unspecified atom stereocenters. The molecule has 1 atom stereocenters. The van der Waals surface area contributed by atoms with Crippen molar-refractivity contribution in [3.63, 3.8) is 0 Å². The van der Waals surface area contributed by atoms with Crippen molar-refractivity contribution in [2.75, 3.05) is 31.6 Å². The first-order valence-corrected chi connectivity index (χ1v) is 10.8. The van der Waals surface area contributed by atoms with Gasteiger partial charge in [-0.3, -0.25) is 14.3 Å². The molecule has 1 fully saturated rings. The fourth-order valence-corrected chi connectivity index (χ4v) is 4.40. The maximum atomic E-state index is 14.6. The van der Waals surface area contributed by atoms with Crippen LogP contribution in [0.15, 0.2) is 35.1 Å². The molecule has 168 valence electrons. The summed E-state index contributed by atoms with van der Waals surface area (Å²) in [6, 6.07) is 9.14. The van der Waals surface area contributed by atoms with Crippen LogP contribution in [0.2, 0.25) is 0 Å². The SMILES string of the molecule is CNC(=O)c1ccc(N2CCN(Cc3ccc4c(=S)n(C)c(=O)[nH]c4c3)CC2C)c(F)n1. The maximum Gasteiger partial charge on any atom is 0.326 e. The molecule has 0 bridgehead atoms. The van der Waals surface area contributed by atoms with Gasteiger partial charge >= 0.3 is 5.69 Å². The molecule has 1 aliphatic heterocycles. The average molecular weight is 457 g/mol. The van der Waals surface area contributed by atoms with Crippen LogP contribution in [0, 0.1) is 10.6 Å². The molecule has 10 heteroatoms. The van der Waals surface area contributed by atoms with Crippen molar-refractivity contribution < 1.29 is 9.18 Å². The van der Waals surface area contributed by atoms with Gasteiger partial charge in [0.15, 0.2) is 0 Å². The van der Waals surface area contributed by atoms with Gasteiger partial charge in [0.1, 0.15) is 10.3 Å². The molecule has 0 radical (unpaired) electrons. The fraction of sp³-hybridized carbons (Fsp3) is 0.364. The van der Waals surface area contributed by atoms with Gasteiger partial charge in [0.25, 0.3) is 5.91 Å². The molecular weight excluding hydrogens is 431 g/mol. The lowest BCUT2D eigenvalue weighted by Gasteiger charge is -2.41. The van der Waals surface area contributed by atoms with Crippen molar-refractivity contribution >= 4 is 34.7 Å². The quantitative estimate of drug-likeness (QED) is 0.463. The van der Waals surface area contributed by atoms with Gasteiger partial charge < -0.3 is 15.2 Å². The van der Waals surface area contributed by atoms with E-state index in [-0.39, 0.29) is 17.4 Å². The summed E-state index contributed by atoms with van der Waals surface area (Å²) in [5, 5.41) is 3.29. The van der Waals surface area contributed by atoms with Gasteiger partial charge in [-0.1, -0.05) is 18.3 Å². The van der Waals surface area contributed by atoms with Crippen LogP contribution in [-0.4, -0.2) is 58.1 Å². The van der Waals surface area contributed by atoms with Gasteiger partial charge in [0.05, 0.1) is 11.2 Å². The molecule has 3 heterocycles. The predicted molar refractivity (Wildman–Crippen MR) is 124 cm³/mol. The molecule has 4 rings (SSSR count). The third-order valence-corrected chi connectivity index (χ3v) is 6.38. The molecular formula is C22H25FN6O2S. The molecule has 8 nitrogen and oxygen atoms in total. The lowest BCUT2D eigenvalue weighted by molar-refractivity contribution is 0.0957. The zero-order valence-corrected chi connectivity index (χ0v) is 19.0. The zero-order chi connectivity index (χ0) is 23.0. The number of nitrogens with zero attached hydrogens (tertiary/aromatic N) is 4. The standard InChI is InChI=1S/C22H25FN6O2S/c1-13-11-28(8-9-29(13)18-7-6-16(20(30)24-2)25-19(18)23)12-14-4-5-15-17(10-14)26-22(31)27(3)21(15)32/h4-7,10,13H,8-9,11-12H2,1-3H3,(H,24,30)(H,26,31). The number of fused-ring (bicyclic) bond motifs is 1. The van der Waals surface area contributed by atoms with Crippen LogP contribution in [0.3, 0.4) is 0 Å². The number of hydrogen-bond acceptors (Lipinski definition) is 6. The predicted octanol–water partition coefficient (Wildman–Crippen LogP) is 2.20. The highest BCUT2D eigenvalue weighted by Crippen LogP contribution is 2.24. The largest absolute Gasteiger partial charge is 0.363 e. The summed E-state index contributed by atoms with van der Waals surface area (Å²) >= 11 is 5.37. The van der Waals surface area contributed by atoms with E-state index >= 15 is 0 Å². The Hall–Kier alpha value is -3.11. The number of benzene rings is 1. The highest BCUT2D eigenvalue weighted by Gasteiger charge is 2.26. The van der Waals surface area contributed by atoms with Crippen molar-refractivity contribution in [2.24, 2.45) is 7.05 Å². The number of halogens is 1. The van der Waals surface area contributed by atoms with Crippen LogP contribution in [-0.2, 0) is 13.6 Å². The summed E-state index contributed by atoms with van der Waals surface area (Å²) in [7, 11) is 3.14. The van der Waals surface area contributed by atoms with Gasteiger partial charge in [-0.2, -0.15) is 4.39 Å². The zero-order valence-electron chi connectivity index (χ0n) is 18.2. The molecule has 0 saturated carbocycles. The van der Waals surface area contributed by atoms with E-state index in [9.17, 15) is 14.0 Å². The fourth-order valence-electron chi connectivity index (χ4n) is 4.14. The minimum atomic E-state index is -0.641. The van der Waals surface area contributed by atoms with Crippen LogP contribution < -0.4 is 15.9 Å². The van der Waals surface area contributed by atoms with E-state index in [2.05, 4.69) is 20.2 Å². The van der Waals surface area contributed by atoms with E-state index in [0.29, 0.717) is 23.4 Å². The first-order valence-electron chi connectivity index (χ1n) is 10.4. The first-order chi connectivity index (χ1) is 15.3. The molecule has 1 aromatic carbocycles. The molecule has 0 spiro atoms. The van der Waals surface area contributed by atoms with Crippen molar-refractivity contribution in [3.05, 3.63) is 62.7 Å². The number of rotatable bonds is 4. The molecule has 2 N–H and O–H groups in total. The maximum absolute atomic E-state index is 14.6. The Bertz CT molecular complexity index is 1300. The number of amides is 1. The van der Waals surface area contributed by atoms with Gasteiger partial charge in [-0.25, -0.2) is 9.78 Å². The molecule has 3 aromatic rings. The second-order valence-electron chi connectivity index (χ2n) is 8.04. The number of carbonyl (C=O) groups excluding carboxylic acids is 1. The van der Waals surface area contributed by atoms with E-state index in [1.807, 2.05) is 30.0 Å². The number of piperazine rings is 1. The Morgan fingerprint density at radius 1 is 1.31 bits per heavy atom. The topological polar surface area (TPSA) is 86.3 Å². The number of anilines is 1. The Kier molecular flexibility index (Phi) is 6.07. The number of nitrogens with one attached hydrogen (secondary N) is 2. The lowest BCUT2D eigenvalue weighted by Crippen LogP contribution is -2.52. The van der Waals surface area contributed by atoms with Gasteiger partial charge in [-0.15, -0.1) is 0 Å². The summed E-state index contributed by atoms with van der Waals surface area (Å²) in [5.74, 6) is -1.06. The third kappa shape index (κ3) is 4.15. The van der Waals surface area contributed by atoms with E-state index in [0.717, 1.165) is 29.6 Å². The molecule has 32 heavy (non-hydrogen) atoms. The number of aromatic amines is 1. The molecule has 1 aliphatic rings. The second-order valence-corrected chi connectivity index (χ2v) is 8.42. The molecule has 1 saturated heterocycles. The van der Waals surface area contributed by atoms with Crippen LogP contribution >= 0.6 is 12.2 Å². The number of hydrogen-bond donors (Lipinski definition) is 2. The minimum absolute atomic E-state index is 0.0597. The number of carbonyl (C=O) groups is 1. The van der Waals surface area contributed by atoms with E-state index in [1.165, 1.54) is 11.6 Å². The monoisotopic (exact) mass is 456 g/mol. The van der Waals surface area contributed by atoms with Gasteiger partial charge in [0.2, 0.25) is 5.95 Å². The molecule has 2 aromatic heterocycles. The Balaban J connectivity index is 1.48. The highest BCUT2D eigenvalue weighted by molar-refractivity contribution is 7.71. The van der Waals surface area contributed by atoms with Crippen molar-refractivity contribution in [2.45, 2.75) is 19.5 Å². The third-order valence-electron chi connectivity index (χ3n) is 5.88. The summed E-state index contributed by atoms with van der Waals surface area (Å²) < 4.78 is 16.5. The Morgan fingerprint density at radius 2 is 2.09 bits per heavy atom. The number of pyridine rings is 1. The Labute approximate surface area is 189 Å². The lowest BCUT2D eigenvalue weighted by atomic mass is 10.1. The minimum Gasteiger partial charge on any atom is -0.363 e. The highest BCUT2D eigenvalue weighted by atomic mass is 32.1. The van der Waals surface area contributed by atoms with Gasteiger partial charge in [-0.05, 0) is 36.8 Å². The number of H-pyrrole nitrogens is 1. The normalized spacial score (nSPS) is 17.0. The second kappa shape index (κ2) is 8.79.